The molecule has 2 aromatic rings. The lowest BCUT2D eigenvalue weighted by Crippen LogP contribution is -2.40. The second-order valence-electron chi connectivity index (χ2n) is 6.80. The fraction of sp³-hybridized carbons (Fsp3) is 0.364. The molecule has 1 heterocycles. The number of carbonyl (C=O) groups excluding carboxylic acids is 2. The predicted octanol–water partition coefficient (Wildman–Crippen LogP) is 3.59. The second kappa shape index (κ2) is 9.37. The monoisotopic (exact) mass is 382 g/mol. The van der Waals surface area contributed by atoms with E-state index in [1.807, 2.05) is 19.9 Å². The average Bonchev–Trinajstić information content (AvgIpc) is 2.74. The first-order valence-electron chi connectivity index (χ1n) is 9.62. The highest BCUT2D eigenvalue weighted by molar-refractivity contribution is 6.05. The van der Waals surface area contributed by atoms with Crippen LogP contribution in [0.1, 0.15) is 41.0 Å². The van der Waals surface area contributed by atoms with E-state index in [2.05, 4.69) is 5.32 Å². The minimum Gasteiger partial charge on any atom is -0.491 e. The van der Waals surface area contributed by atoms with Gasteiger partial charge < -0.3 is 19.7 Å². The van der Waals surface area contributed by atoms with E-state index in [-0.39, 0.29) is 17.9 Å². The van der Waals surface area contributed by atoms with Gasteiger partial charge in [0.15, 0.2) is 0 Å². The van der Waals surface area contributed by atoms with Gasteiger partial charge in [0.25, 0.3) is 11.8 Å². The van der Waals surface area contributed by atoms with Crippen LogP contribution in [0, 0.1) is 0 Å². The molecule has 2 amide bonds. The van der Waals surface area contributed by atoms with Crippen LogP contribution in [0.5, 0.6) is 5.75 Å². The standard InChI is InChI=1S/C22H26N2O4/c1-3-16(2)28-20-9-5-6-17(15-20)21(25)23-19-8-4-7-18(14-19)22(26)24-10-12-27-13-11-24/h4-9,14-16H,3,10-13H2,1-2H3,(H,23,25). The van der Waals surface area contributed by atoms with E-state index in [4.69, 9.17) is 9.47 Å². The molecule has 0 saturated carbocycles. The van der Waals surface area contributed by atoms with Gasteiger partial charge in [-0.05, 0) is 49.7 Å². The normalized spacial score (nSPS) is 15.0. The first-order chi connectivity index (χ1) is 13.6. The van der Waals surface area contributed by atoms with Crippen molar-refractivity contribution < 1.29 is 19.1 Å². The molecule has 1 unspecified atom stereocenters. The Morgan fingerprint density at radius 2 is 1.82 bits per heavy atom. The highest BCUT2D eigenvalue weighted by atomic mass is 16.5. The van der Waals surface area contributed by atoms with Crippen LogP contribution in [0.2, 0.25) is 0 Å². The average molecular weight is 382 g/mol. The Kier molecular flexibility index (Phi) is 6.66. The summed E-state index contributed by atoms with van der Waals surface area (Å²) >= 11 is 0. The molecule has 0 aliphatic carbocycles. The number of nitrogens with one attached hydrogen (secondary N) is 1. The Morgan fingerprint density at radius 3 is 2.57 bits per heavy atom. The predicted molar refractivity (Wildman–Crippen MR) is 108 cm³/mol. The molecule has 1 N–H and O–H groups in total. The van der Waals surface area contributed by atoms with Crippen molar-refractivity contribution in [1.82, 2.24) is 4.90 Å². The summed E-state index contributed by atoms with van der Waals surface area (Å²) < 4.78 is 11.1. The van der Waals surface area contributed by atoms with Gasteiger partial charge in [-0.1, -0.05) is 19.1 Å². The summed E-state index contributed by atoms with van der Waals surface area (Å²) in [5.74, 6) is 0.368. The molecular formula is C22H26N2O4. The summed E-state index contributed by atoms with van der Waals surface area (Å²) in [7, 11) is 0. The number of hydrogen-bond donors (Lipinski definition) is 1. The van der Waals surface area contributed by atoms with Crippen molar-refractivity contribution >= 4 is 17.5 Å². The number of nitrogens with zero attached hydrogens (tertiary/aromatic N) is 1. The van der Waals surface area contributed by atoms with Crippen LogP contribution < -0.4 is 10.1 Å². The summed E-state index contributed by atoms with van der Waals surface area (Å²) in [6.45, 7) is 6.31. The van der Waals surface area contributed by atoms with Gasteiger partial charge in [0, 0.05) is 29.9 Å². The Hall–Kier alpha value is -2.86. The van der Waals surface area contributed by atoms with Crippen LogP contribution >= 0.6 is 0 Å². The molecule has 3 rings (SSSR count). The molecule has 0 spiro atoms. The van der Waals surface area contributed by atoms with Crippen LogP contribution in [-0.4, -0.2) is 49.1 Å². The highest BCUT2D eigenvalue weighted by Crippen LogP contribution is 2.18. The smallest absolute Gasteiger partial charge is 0.255 e. The fourth-order valence-electron chi connectivity index (χ4n) is 2.91. The maximum atomic E-state index is 12.6. The lowest BCUT2D eigenvalue weighted by atomic mass is 10.1. The molecule has 28 heavy (non-hydrogen) atoms. The number of carbonyl (C=O) groups is 2. The van der Waals surface area contributed by atoms with E-state index in [9.17, 15) is 9.59 Å². The molecule has 1 fully saturated rings. The zero-order valence-electron chi connectivity index (χ0n) is 16.3. The molecule has 1 atom stereocenters. The fourth-order valence-corrected chi connectivity index (χ4v) is 2.91. The van der Waals surface area contributed by atoms with Crippen molar-refractivity contribution in [2.45, 2.75) is 26.4 Å². The lowest BCUT2D eigenvalue weighted by molar-refractivity contribution is 0.0303. The quantitative estimate of drug-likeness (QED) is 0.829. The number of morpholine rings is 1. The van der Waals surface area contributed by atoms with E-state index in [0.717, 1.165) is 6.42 Å². The van der Waals surface area contributed by atoms with E-state index in [0.29, 0.717) is 48.9 Å². The minimum atomic E-state index is -0.245. The Bertz CT molecular complexity index is 831. The maximum Gasteiger partial charge on any atom is 0.255 e. The Labute approximate surface area is 165 Å². The third-order valence-electron chi connectivity index (χ3n) is 4.67. The van der Waals surface area contributed by atoms with Crippen LogP contribution in [-0.2, 0) is 4.74 Å². The zero-order chi connectivity index (χ0) is 19.9. The molecular weight excluding hydrogens is 356 g/mol. The van der Waals surface area contributed by atoms with Crippen molar-refractivity contribution in [3.63, 3.8) is 0 Å². The number of amides is 2. The second-order valence-corrected chi connectivity index (χ2v) is 6.80. The van der Waals surface area contributed by atoms with Crippen molar-refractivity contribution in [3.8, 4) is 5.75 Å². The van der Waals surface area contributed by atoms with Crippen molar-refractivity contribution in [3.05, 3.63) is 59.7 Å². The van der Waals surface area contributed by atoms with Gasteiger partial charge in [0.2, 0.25) is 0 Å². The molecule has 0 bridgehead atoms. The minimum absolute atomic E-state index is 0.0525. The highest BCUT2D eigenvalue weighted by Gasteiger charge is 2.19. The summed E-state index contributed by atoms with van der Waals surface area (Å²) in [5, 5.41) is 2.86. The first kappa shape index (κ1) is 19.9. The van der Waals surface area contributed by atoms with Gasteiger partial charge >= 0.3 is 0 Å². The summed E-state index contributed by atoms with van der Waals surface area (Å²) in [6.07, 6.45) is 0.974. The summed E-state index contributed by atoms with van der Waals surface area (Å²) in [4.78, 5) is 27.0. The molecule has 2 aromatic carbocycles. The molecule has 148 valence electrons. The third kappa shape index (κ3) is 5.10. The van der Waals surface area contributed by atoms with E-state index >= 15 is 0 Å². The number of rotatable bonds is 6. The van der Waals surface area contributed by atoms with E-state index in [1.165, 1.54) is 0 Å². The van der Waals surface area contributed by atoms with Crippen LogP contribution in [0.15, 0.2) is 48.5 Å². The molecule has 6 heteroatoms. The van der Waals surface area contributed by atoms with Crippen molar-refractivity contribution in [1.29, 1.82) is 0 Å². The first-order valence-corrected chi connectivity index (χ1v) is 9.62. The van der Waals surface area contributed by atoms with Gasteiger partial charge in [-0.25, -0.2) is 0 Å². The molecule has 1 aliphatic heterocycles. The summed E-state index contributed by atoms with van der Waals surface area (Å²) in [6, 6.07) is 14.1. The maximum absolute atomic E-state index is 12.6. The molecule has 6 nitrogen and oxygen atoms in total. The van der Waals surface area contributed by atoms with Gasteiger partial charge in [-0.15, -0.1) is 0 Å². The van der Waals surface area contributed by atoms with Crippen LogP contribution in [0.4, 0.5) is 5.69 Å². The van der Waals surface area contributed by atoms with Crippen LogP contribution in [0.25, 0.3) is 0 Å². The van der Waals surface area contributed by atoms with E-state index < -0.39 is 0 Å². The van der Waals surface area contributed by atoms with Gasteiger partial charge in [0.1, 0.15) is 5.75 Å². The molecule has 0 aromatic heterocycles. The van der Waals surface area contributed by atoms with Gasteiger partial charge in [-0.2, -0.15) is 0 Å². The van der Waals surface area contributed by atoms with Gasteiger partial charge in [-0.3, -0.25) is 9.59 Å². The van der Waals surface area contributed by atoms with Crippen molar-refractivity contribution in [2.24, 2.45) is 0 Å². The SMILES string of the molecule is CCC(C)Oc1cccc(C(=O)Nc2cccc(C(=O)N3CCOCC3)c2)c1. The molecule has 1 saturated heterocycles. The van der Waals surface area contributed by atoms with Crippen molar-refractivity contribution in [2.75, 3.05) is 31.6 Å². The number of benzene rings is 2. The largest absolute Gasteiger partial charge is 0.491 e. The third-order valence-corrected chi connectivity index (χ3v) is 4.67. The number of hydrogen-bond acceptors (Lipinski definition) is 4. The topological polar surface area (TPSA) is 67.9 Å². The Balaban J connectivity index is 1.69. The number of ether oxygens (including phenoxy) is 2. The number of anilines is 1. The Morgan fingerprint density at radius 1 is 1.11 bits per heavy atom. The van der Waals surface area contributed by atoms with Gasteiger partial charge in [0.05, 0.1) is 19.3 Å². The zero-order valence-corrected chi connectivity index (χ0v) is 16.3. The lowest BCUT2D eigenvalue weighted by Gasteiger charge is -2.27. The molecule has 1 aliphatic rings. The molecule has 0 radical (unpaired) electrons. The van der Waals surface area contributed by atoms with Crippen LogP contribution in [0.3, 0.4) is 0 Å². The summed E-state index contributed by atoms with van der Waals surface area (Å²) in [5.41, 5.74) is 1.64. The van der Waals surface area contributed by atoms with E-state index in [1.54, 1.807) is 47.4 Å².